The first-order chi connectivity index (χ1) is 31.5. The monoisotopic (exact) mass is 1010 g/mol. The summed E-state index contributed by atoms with van der Waals surface area (Å²) in [4.78, 5) is 111. The van der Waals surface area contributed by atoms with Crippen molar-refractivity contribution in [3.63, 3.8) is 0 Å². The molecule has 0 radical (unpaired) electrons. The molecule has 9 N–H and O–H groups in total. The van der Waals surface area contributed by atoms with Crippen LogP contribution in [-0.4, -0.2) is 125 Å². The van der Waals surface area contributed by atoms with Gasteiger partial charge in [-0.3, -0.25) is 24.0 Å². The third-order valence-corrected chi connectivity index (χ3v) is 12.4. The molecule has 0 bridgehead atoms. The van der Waals surface area contributed by atoms with Gasteiger partial charge in [-0.2, -0.15) is 11.8 Å². The van der Waals surface area contributed by atoms with E-state index >= 15 is 0 Å². The molecule has 0 spiro atoms. The number of aromatic hydroxyl groups is 1. The van der Waals surface area contributed by atoms with Crippen LogP contribution >= 0.6 is 23.5 Å². The molecular formula is C43H40AsN5O15S2. The Bertz CT molecular complexity index is 2710. The van der Waals surface area contributed by atoms with Crippen molar-refractivity contribution in [2.75, 3.05) is 40.2 Å². The van der Waals surface area contributed by atoms with Crippen LogP contribution in [0.4, 0.5) is 11.4 Å². The maximum atomic E-state index is 12.8. The number of benzene rings is 4. The Morgan fingerprint density at radius 2 is 1.35 bits per heavy atom. The second kappa shape index (κ2) is 23.8. The summed E-state index contributed by atoms with van der Waals surface area (Å²) in [5.74, 6) is -7.80. The predicted octanol–water partition coefficient (Wildman–Crippen LogP) is 2.11. The van der Waals surface area contributed by atoms with Gasteiger partial charge in [0.25, 0.3) is 0 Å². The number of rotatable bonds is 23. The van der Waals surface area contributed by atoms with Gasteiger partial charge in [0.05, 0.1) is 11.3 Å². The molecule has 5 amide bonds. The third-order valence-electron chi connectivity index (χ3n) is 9.32. The van der Waals surface area contributed by atoms with E-state index in [-0.39, 0.29) is 75.2 Å². The standard InChI is InChI=1S/C43H40AsN5O15S2/c50-25-6-9-28-33(16-25)64-34-17-26(51)7-10-29(34)40(28)27-8-5-24(15-30(27)42(59)60)47-37(54)20-65-14-13-36(53)48-31(43(61)62)11-12-35(52)49-32(41(58)45-18-39(56)57)19-66-21-38(55)46-23-3-1-22(44-63)2-4-23/h1-10,15-17,31-32,50H,11-14,18-21H2,(H,45,58)(H,46,55)(H,47,54)(H,48,53)(H,49,52)(H,56,57)(H,59,60)(H,61,62)/t31-,32?/m0/s1. The second-order valence-electron chi connectivity index (χ2n) is 14.2. The number of hydrogen-bond acceptors (Lipinski definition) is 14. The third kappa shape index (κ3) is 14.5. The van der Waals surface area contributed by atoms with Gasteiger partial charge in [-0.1, -0.05) is 6.07 Å². The van der Waals surface area contributed by atoms with Crippen LogP contribution in [0.5, 0.6) is 5.75 Å². The maximum absolute atomic E-state index is 12.8. The number of carboxylic acids is 3. The quantitative estimate of drug-likeness (QED) is 0.0257. The summed E-state index contributed by atoms with van der Waals surface area (Å²) in [6.45, 7) is -0.751. The van der Waals surface area contributed by atoms with Gasteiger partial charge in [0.15, 0.2) is 5.43 Å². The fourth-order valence-electron chi connectivity index (χ4n) is 6.30. The van der Waals surface area contributed by atoms with Gasteiger partial charge in [-0.15, -0.1) is 0 Å². The molecule has 66 heavy (non-hydrogen) atoms. The molecule has 0 fully saturated rings. The molecule has 23 heteroatoms. The van der Waals surface area contributed by atoms with Gasteiger partial charge in [0.1, 0.15) is 29.7 Å². The number of phenols is 1. The van der Waals surface area contributed by atoms with Crippen molar-refractivity contribution in [2.45, 2.75) is 31.3 Å². The summed E-state index contributed by atoms with van der Waals surface area (Å²) in [6.07, 6.45) is -1.07. The number of aromatic carboxylic acids is 1. The molecule has 0 aromatic heterocycles. The van der Waals surface area contributed by atoms with Crippen molar-refractivity contribution in [3.8, 4) is 28.2 Å². The number of carbonyl (C=O) groups is 8. The average molecular weight is 1010 g/mol. The number of carbonyl (C=O) groups excluding carboxylic acids is 5. The number of phenolic OH excluding ortho intramolecular Hbond substituents is 1. The Balaban J connectivity index is 1.10. The van der Waals surface area contributed by atoms with E-state index < -0.39 is 88.2 Å². The minimum absolute atomic E-state index is 0.0721. The van der Waals surface area contributed by atoms with Crippen LogP contribution < -0.4 is 36.4 Å². The van der Waals surface area contributed by atoms with Crippen LogP contribution in [0.15, 0.2) is 88.1 Å². The number of thioether (sulfide) groups is 2. The van der Waals surface area contributed by atoms with Crippen molar-refractivity contribution in [2.24, 2.45) is 0 Å². The normalized spacial score (nSPS) is 11.9. The zero-order valence-electron chi connectivity index (χ0n) is 34.4. The van der Waals surface area contributed by atoms with Gasteiger partial charge >= 0.3 is 144 Å². The van der Waals surface area contributed by atoms with E-state index in [9.17, 15) is 62.2 Å². The SMILES string of the molecule is O=[As]c1ccc(NC(=O)CSCC(NC(=O)CC[C@H](NC(=O)CCSCC(=O)Nc2ccc(-c3c4ccc(=O)cc-4oc4cc(O)ccc34)c(C(=O)O)c2)C(=O)O)C(=O)NCC(=O)O)cc1. The Hall–Kier alpha value is -7.03. The summed E-state index contributed by atoms with van der Waals surface area (Å²) in [6, 6.07) is 16.1. The first-order valence-electron chi connectivity index (χ1n) is 19.6. The van der Waals surface area contributed by atoms with Crippen molar-refractivity contribution in [1.82, 2.24) is 16.0 Å². The molecule has 20 nitrogen and oxygen atoms in total. The number of carboxylic acid groups (broad SMARTS) is 3. The second-order valence-corrected chi connectivity index (χ2v) is 17.8. The molecule has 1 aliphatic heterocycles. The van der Waals surface area contributed by atoms with E-state index in [1.54, 1.807) is 30.3 Å². The van der Waals surface area contributed by atoms with Crippen LogP contribution in [0, 0.1) is 0 Å². The van der Waals surface area contributed by atoms with Crippen LogP contribution in [0.25, 0.3) is 33.4 Å². The summed E-state index contributed by atoms with van der Waals surface area (Å²) in [5, 5.41) is 51.5. The van der Waals surface area contributed by atoms with Crippen molar-refractivity contribution in [3.05, 3.63) is 94.6 Å². The number of amides is 5. The Kier molecular flexibility index (Phi) is 18.0. The fraction of sp³-hybridized carbons (Fsp3) is 0.233. The van der Waals surface area contributed by atoms with E-state index in [0.29, 0.717) is 26.6 Å². The molecule has 0 saturated heterocycles. The molecule has 3 aromatic carbocycles. The van der Waals surface area contributed by atoms with E-state index in [4.69, 9.17) is 9.52 Å². The zero-order valence-corrected chi connectivity index (χ0v) is 37.9. The summed E-state index contributed by atoms with van der Waals surface area (Å²) in [7, 11) is 0. The van der Waals surface area contributed by atoms with Crippen molar-refractivity contribution in [1.29, 1.82) is 0 Å². The summed E-state index contributed by atoms with van der Waals surface area (Å²) < 4.78 is 17.5. The van der Waals surface area contributed by atoms with E-state index in [1.807, 2.05) is 0 Å². The van der Waals surface area contributed by atoms with Crippen LogP contribution in [0.2, 0.25) is 0 Å². The van der Waals surface area contributed by atoms with Crippen molar-refractivity contribution >= 4 is 113 Å². The van der Waals surface area contributed by atoms with Crippen LogP contribution in [-0.2, 0) is 37.3 Å². The molecule has 0 saturated carbocycles. The van der Waals surface area contributed by atoms with Gasteiger partial charge < -0.3 is 35.5 Å². The number of anilines is 2. The molecule has 2 atom stereocenters. The fourth-order valence-corrected chi connectivity index (χ4v) is 8.45. The molecule has 5 rings (SSSR count). The van der Waals surface area contributed by atoms with Crippen molar-refractivity contribution < 1.29 is 66.9 Å². The number of nitrogens with one attached hydrogen (secondary N) is 5. The Labute approximate surface area is 388 Å². The van der Waals surface area contributed by atoms with E-state index in [0.717, 1.165) is 23.5 Å². The van der Waals surface area contributed by atoms with Gasteiger partial charge in [0.2, 0.25) is 11.8 Å². The summed E-state index contributed by atoms with van der Waals surface area (Å²) >= 11 is 0.769. The van der Waals surface area contributed by atoms with Gasteiger partial charge in [0, 0.05) is 52.9 Å². The molecule has 1 heterocycles. The molecule has 344 valence electrons. The number of aliphatic carboxylic acids is 2. The predicted molar refractivity (Wildman–Crippen MR) is 244 cm³/mol. The van der Waals surface area contributed by atoms with Gasteiger partial charge in [-0.05, 0) is 48.4 Å². The summed E-state index contributed by atoms with van der Waals surface area (Å²) in [5.41, 5.74) is 1.37. The van der Waals surface area contributed by atoms with Gasteiger partial charge in [-0.25, -0.2) is 9.59 Å². The minimum atomic E-state index is -1.51. The van der Waals surface area contributed by atoms with Crippen LogP contribution in [0.1, 0.15) is 29.6 Å². The topological polar surface area (TPSA) is 325 Å². The molecule has 1 unspecified atom stereocenters. The molecule has 1 aliphatic carbocycles. The molecular weight excluding hydrogens is 966 g/mol. The first kappa shape index (κ1) is 50.0. The molecule has 3 aromatic rings. The van der Waals surface area contributed by atoms with Crippen LogP contribution in [0.3, 0.4) is 0 Å². The molecule has 2 aliphatic rings. The Morgan fingerprint density at radius 3 is 2.03 bits per heavy atom. The number of hydrogen-bond donors (Lipinski definition) is 9. The Morgan fingerprint density at radius 1 is 0.697 bits per heavy atom. The zero-order chi connectivity index (χ0) is 47.9. The first-order valence-corrected chi connectivity index (χ1v) is 23.6. The van der Waals surface area contributed by atoms with E-state index in [2.05, 4.69) is 26.6 Å². The average Bonchev–Trinajstić information content (AvgIpc) is 3.27. The van der Waals surface area contributed by atoms with E-state index in [1.165, 1.54) is 48.5 Å². The number of fused-ring (bicyclic) bond motifs is 2.